The molecule has 0 atom stereocenters. The van der Waals surface area contributed by atoms with Crippen molar-refractivity contribution >= 4 is 21.4 Å². The van der Waals surface area contributed by atoms with Crippen molar-refractivity contribution in [1.82, 2.24) is 4.72 Å². The van der Waals surface area contributed by atoms with Crippen LogP contribution < -0.4 is 4.72 Å². The second-order valence-corrected chi connectivity index (χ2v) is 6.31. The lowest BCUT2D eigenvalue weighted by molar-refractivity contribution is 0.281. The molecule has 0 unspecified atom stereocenters. The maximum atomic E-state index is 12.0. The molecule has 18 heavy (non-hydrogen) atoms. The minimum Gasteiger partial charge on any atom is -0.392 e. The predicted molar refractivity (Wildman–Crippen MR) is 70.7 cm³/mol. The van der Waals surface area contributed by atoms with E-state index in [-0.39, 0.29) is 18.0 Å². The fourth-order valence-electron chi connectivity index (χ4n) is 1.47. The van der Waals surface area contributed by atoms with Gasteiger partial charge in [0.1, 0.15) is 0 Å². The molecule has 0 spiro atoms. The fourth-order valence-corrected chi connectivity index (χ4v) is 3.22. The number of benzene rings is 1. The molecule has 0 aliphatic heterocycles. The van der Waals surface area contributed by atoms with Crippen LogP contribution in [0, 0.1) is 0 Å². The highest BCUT2D eigenvalue weighted by molar-refractivity contribution is 7.89. The molecule has 2 aromatic rings. The number of sulfonamides is 1. The van der Waals surface area contributed by atoms with E-state index in [0.29, 0.717) is 5.56 Å². The van der Waals surface area contributed by atoms with Gasteiger partial charge >= 0.3 is 0 Å². The topological polar surface area (TPSA) is 66.4 Å². The van der Waals surface area contributed by atoms with Crippen molar-refractivity contribution in [1.29, 1.82) is 0 Å². The molecule has 1 aromatic carbocycles. The number of hydrogen-bond acceptors (Lipinski definition) is 4. The standard InChI is InChI=1S/C12H13NO3S2/c14-8-10-2-1-3-12(6-10)18(15,16)13-7-11-4-5-17-9-11/h1-6,9,13-14H,7-8H2. The van der Waals surface area contributed by atoms with Crippen molar-refractivity contribution in [3.8, 4) is 0 Å². The molecule has 0 radical (unpaired) electrons. The minimum absolute atomic E-state index is 0.171. The van der Waals surface area contributed by atoms with Gasteiger partial charge in [-0.3, -0.25) is 0 Å². The number of rotatable bonds is 5. The molecule has 0 aliphatic rings. The second kappa shape index (κ2) is 5.62. The summed E-state index contributed by atoms with van der Waals surface area (Å²) < 4.78 is 26.5. The third kappa shape index (κ3) is 3.17. The van der Waals surface area contributed by atoms with Crippen LogP contribution in [-0.4, -0.2) is 13.5 Å². The molecule has 4 nitrogen and oxygen atoms in total. The third-order valence-electron chi connectivity index (χ3n) is 2.44. The Balaban J connectivity index is 2.14. The molecule has 0 saturated heterocycles. The zero-order valence-electron chi connectivity index (χ0n) is 9.54. The lowest BCUT2D eigenvalue weighted by Crippen LogP contribution is -2.23. The van der Waals surface area contributed by atoms with Gasteiger partial charge in [0.25, 0.3) is 0 Å². The van der Waals surface area contributed by atoms with E-state index in [1.807, 2.05) is 16.8 Å². The first kappa shape index (κ1) is 13.2. The van der Waals surface area contributed by atoms with Gasteiger partial charge in [0.05, 0.1) is 11.5 Å². The van der Waals surface area contributed by atoms with Crippen LogP contribution in [-0.2, 0) is 23.2 Å². The molecule has 2 N–H and O–H groups in total. The molecule has 0 saturated carbocycles. The average molecular weight is 283 g/mol. The average Bonchev–Trinajstić information content (AvgIpc) is 2.90. The molecule has 0 fully saturated rings. The van der Waals surface area contributed by atoms with Gasteiger partial charge in [0, 0.05) is 6.54 Å². The van der Waals surface area contributed by atoms with Crippen LogP contribution in [0.1, 0.15) is 11.1 Å². The van der Waals surface area contributed by atoms with Crippen LogP contribution in [0.2, 0.25) is 0 Å². The Morgan fingerprint density at radius 3 is 2.72 bits per heavy atom. The maximum Gasteiger partial charge on any atom is 0.240 e. The maximum absolute atomic E-state index is 12.0. The van der Waals surface area contributed by atoms with E-state index in [1.54, 1.807) is 12.1 Å². The van der Waals surface area contributed by atoms with Crippen molar-refractivity contribution in [2.24, 2.45) is 0 Å². The van der Waals surface area contributed by atoms with Crippen LogP contribution in [0.25, 0.3) is 0 Å². The summed E-state index contributed by atoms with van der Waals surface area (Å²) in [7, 11) is -3.53. The monoisotopic (exact) mass is 283 g/mol. The molecular formula is C12H13NO3S2. The van der Waals surface area contributed by atoms with Crippen LogP contribution in [0.5, 0.6) is 0 Å². The van der Waals surface area contributed by atoms with Crippen molar-refractivity contribution in [2.45, 2.75) is 18.0 Å². The molecule has 0 amide bonds. The predicted octanol–water partition coefficient (Wildman–Crippen LogP) is 1.72. The second-order valence-electron chi connectivity index (χ2n) is 3.76. The Labute approximate surface area is 110 Å². The highest BCUT2D eigenvalue weighted by Crippen LogP contribution is 2.13. The first-order chi connectivity index (χ1) is 8.62. The molecule has 0 bridgehead atoms. The summed E-state index contributed by atoms with van der Waals surface area (Å²) in [6.45, 7) is 0.100. The quantitative estimate of drug-likeness (QED) is 0.878. The highest BCUT2D eigenvalue weighted by atomic mass is 32.2. The minimum atomic E-state index is -3.53. The summed E-state index contributed by atoms with van der Waals surface area (Å²) in [5.41, 5.74) is 1.51. The zero-order valence-corrected chi connectivity index (χ0v) is 11.2. The molecule has 0 aliphatic carbocycles. The summed E-state index contributed by atoms with van der Waals surface area (Å²) in [5, 5.41) is 12.8. The number of nitrogens with one attached hydrogen (secondary N) is 1. The van der Waals surface area contributed by atoms with Crippen molar-refractivity contribution < 1.29 is 13.5 Å². The van der Waals surface area contributed by atoms with E-state index in [2.05, 4.69) is 4.72 Å². The van der Waals surface area contributed by atoms with E-state index in [0.717, 1.165) is 5.56 Å². The van der Waals surface area contributed by atoms with Crippen molar-refractivity contribution in [3.63, 3.8) is 0 Å². The lowest BCUT2D eigenvalue weighted by Gasteiger charge is -2.06. The van der Waals surface area contributed by atoms with Gasteiger partial charge in [-0.2, -0.15) is 11.3 Å². The first-order valence-corrected chi connectivity index (χ1v) is 7.75. The van der Waals surface area contributed by atoms with Gasteiger partial charge in [-0.15, -0.1) is 0 Å². The number of hydrogen-bond donors (Lipinski definition) is 2. The number of aliphatic hydroxyl groups is 1. The van der Waals surface area contributed by atoms with Gasteiger partial charge in [-0.1, -0.05) is 12.1 Å². The van der Waals surface area contributed by atoms with E-state index in [4.69, 9.17) is 5.11 Å². The van der Waals surface area contributed by atoms with Crippen molar-refractivity contribution in [2.75, 3.05) is 0 Å². The van der Waals surface area contributed by atoms with Crippen LogP contribution in [0.4, 0.5) is 0 Å². The zero-order chi connectivity index (χ0) is 13.0. The Kier molecular flexibility index (Phi) is 4.13. The number of thiophene rings is 1. The SMILES string of the molecule is O=S(=O)(NCc1ccsc1)c1cccc(CO)c1. The summed E-state index contributed by atoms with van der Waals surface area (Å²) in [4.78, 5) is 0.171. The molecule has 96 valence electrons. The van der Waals surface area contributed by atoms with Crippen LogP contribution >= 0.6 is 11.3 Å². The van der Waals surface area contributed by atoms with E-state index < -0.39 is 10.0 Å². The summed E-state index contributed by atoms with van der Waals surface area (Å²) in [5.74, 6) is 0. The molecule has 2 rings (SSSR count). The van der Waals surface area contributed by atoms with Gasteiger partial charge in [-0.05, 0) is 40.1 Å². The largest absolute Gasteiger partial charge is 0.392 e. The van der Waals surface area contributed by atoms with E-state index in [1.165, 1.54) is 23.5 Å². The van der Waals surface area contributed by atoms with Crippen LogP contribution in [0.15, 0.2) is 46.0 Å². The van der Waals surface area contributed by atoms with E-state index >= 15 is 0 Å². The van der Waals surface area contributed by atoms with Crippen LogP contribution in [0.3, 0.4) is 0 Å². The molecular weight excluding hydrogens is 270 g/mol. The molecule has 1 aromatic heterocycles. The summed E-state index contributed by atoms with van der Waals surface area (Å²) in [6.07, 6.45) is 0. The van der Waals surface area contributed by atoms with Crippen molar-refractivity contribution in [3.05, 3.63) is 52.2 Å². The van der Waals surface area contributed by atoms with Gasteiger partial charge in [0.2, 0.25) is 10.0 Å². The van der Waals surface area contributed by atoms with Gasteiger partial charge in [0.15, 0.2) is 0 Å². The van der Waals surface area contributed by atoms with Gasteiger partial charge in [-0.25, -0.2) is 13.1 Å². The highest BCUT2D eigenvalue weighted by Gasteiger charge is 2.13. The fraction of sp³-hybridized carbons (Fsp3) is 0.167. The Bertz CT molecular complexity index is 606. The first-order valence-electron chi connectivity index (χ1n) is 5.32. The Morgan fingerprint density at radius 2 is 2.06 bits per heavy atom. The summed E-state index contributed by atoms with van der Waals surface area (Å²) >= 11 is 1.52. The van der Waals surface area contributed by atoms with Gasteiger partial charge < -0.3 is 5.11 Å². The van der Waals surface area contributed by atoms with E-state index in [9.17, 15) is 8.42 Å². The summed E-state index contributed by atoms with van der Waals surface area (Å²) in [6, 6.07) is 8.14. The number of aliphatic hydroxyl groups excluding tert-OH is 1. The smallest absolute Gasteiger partial charge is 0.240 e. The third-order valence-corrected chi connectivity index (χ3v) is 4.57. The Morgan fingerprint density at radius 1 is 1.22 bits per heavy atom. The normalized spacial score (nSPS) is 11.6. The Hall–Kier alpha value is -1.21. The molecule has 1 heterocycles. The molecule has 6 heteroatoms. The lowest BCUT2D eigenvalue weighted by atomic mass is 10.2.